The molecule has 1 aromatic carbocycles. The average molecular weight is 235 g/mol. The van der Waals surface area contributed by atoms with Crippen molar-refractivity contribution < 1.29 is 9.90 Å². The van der Waals surface area contributed by atoms with Crippen molar-refractivity contribution in [2.24, 2.45) is 0 Å². The van der Waals surface area contributed by atoms with Gasteiger partial charge in [-0.05, 0) is 5.56 Å². The minimum atomic E-state index is -1.01. The van der Waals surface area contributed by atoms with Crippen molar-refractivity contribution in [3.05, 3.63) is 46.2 Å². The molecule has 0 amide bonds. The molecular weight excluding hydrogens is 226 g/mol. The van der Waals surface area contributed by atoms with Gasteiger partial charge in [0, 0.05) is 6.20 Å². The first-order chi connectivity index (χ1) is 7.66. The maximum Gasteiger partial charge on any atom is 0.323 e. The zero-order valence-electron chi connectivity index (χ0n) is 8.29. The molecule has 0 bridgehead atoms. The Balaban J connectivity index is 2.38. The maximum atomic E-state index is 11.5. The van der Waals surface area contributed by atoms with Gasteiger partial charge in [0.2, 0.25) is 0 Å². The Morgan fingerprint density at radius 2 is 2.00 bits per heavy atom. The van der Waals surface area contributed by atoms with E-state index >= 15 is 0 Å². The predicted octanol–water partition coefficient (Wildman–Crippen LogP) is 1.66. The molecule has 0 aliphatic carbocycles. The van der Waals surface area contributed by atoms with Crippen molar-refractivity contribution in [2.75, 3.05) is 0 Å². The minimum Gasteiger partial charge on any atom is -0.480 e. The molecule has 0 saturated carbocycles. The van der Waals surface area contributed by atoms with Crippen molar-refractivity contribution in [1.82, 2.24) is 4.57 Å². The van der Waals surface area contributed by atoms with E-state index in [0.717, 1.165) is 21.8 Å². The molecule has 0 aliphatic heterocycles. The monoisotopic (exact) mass is 235 g/mol. The number of aliphatic carboxylic acids is 1. The summed E-state index contributed by atoms with van der Waals surface area (Å²) in [6, 6.07) is 9.41. The second-order valence-electron chi connectivity index (χ2n) is 3.25. The molecule has 82 valence electrons. The average Bonchev–Trinajstić information content (AvgIpc) is 2.61. The van der Waals surface area contributed by atoms with E-state index in [2.05, 4.69) is 0 Å². The lowest BCUT2D eigenvalue weighted by Gasteiger charge is -1.95. The normalized spacial score (nSPS) is 10.2. The molecule has 2 aromatic rings. The smallest absolute Gasteiger partial charge is 0.323 e. The lowest BCUT2D eigenvalue weighted by Crippen LogP contribution is -2.17. The third kappa shape index (κ3) is 2.20. The molecule has 0 spiro atoms. The van der Waals surface area contributed by atoms with Gasteiger partial charge in [0.15, 0.2) is 0 Å². The SMILES string of the molecule is O=C(O)Cn1cc(-c2ccccc2)sc1=O. The summed E-state index contributed by atoms with van der Waals surface area (Å²) in [6.07, 6.45) is 1.58. The van der Waals surface area contributed by atoms with E-state index in [4.69, 9.17) is 5.11 Å². The molecule has 0 fully saturated rings. The van der Waals surface area contributed by atoms with E-state index in [1.165, 1.54) is 4.57 Å². The van der Waals surface area contributed by atoms with Crippen LogP contribution < -0.4 is 4.87 Å². The zero-order valence-corrected chi connectivity index (χ0v) is 9.11. The van der Waals surface area contributed by atoms with Gasteiger partial charge in [-0.15, -0.1) is 0 Å². The number of benzene rings is 1. The Hall–Kier alpha value is -1.88. The molecular formula is C11H9NO3S. The Labute approximate surface area is 95.4 Å². The van der Waals surface area contributed by atoms with Gasteiger partial charge < -0.3 is 5.11 Å². The Morgan fingerprint density at radius 3 is 2.62 bits per heavy atom. The van der Waals surface area contributed by atoms with Crippen LogP contribution >= 0.6 is 11.3 Å². The molecule has 0 aliphatic rings. The van der Waals surface area contributed by atoms with Crippen molar-refractivity contribution in [2.45, 2.75) is 6.54 Å². The molecule has 0 unspecified atom stereocenters. The van der Waals surface area contributed by atoms with Crippen LogP contribution in [0, 0.1) is 0 Å². The summed E-state index contributed by atoms with van der Waals surface area (Å²) in [7, 11) is 0. The molecule has 2 rings (SSSR count). The lowest BCUT2D eigenvalue weighted by molar-refractivity contribution is -0.137. The van der Waals surface area contributed by atoms with Crippen LogP contribution in [0.1, 0.15) is 0 Å². The molecule has 1 N–H and O–H groups in total. The summed E-state index contributed by atoms with van der Waals surface area (Å²) in [6.45, 7) is -0.290. The first-order valence-electron chi connectivity index (χ1n) is 4.64. The predicted molar refractivity (Wildman–Crippen MR) is 61.7 cm³/mol. The molecule has 0 atom stereocenters. The molecule has 1 aromatic heterocycles. The molecule has 16 heavy (non-hydrogen) atoms. The third-order valence-corrected chi connectivity index (χ3v) is 3.04. The maximum absolute atomic E-state index is 11.5. The van der Waals surface area contributed by atoms with Crippen LogP contribution in [0.3, 0.4) is 0 Å². The van der Waals surface area contributed by atoms with Crippen LogP contribution in [-0.4, -0.2) is 15.6 Å². The first kappa shape index (κ1) is 10.6. The fourth-order valence-corrected chi connectivity index (χ4v) is 2.22. The van der Waals surface area contributed by atoms with Crippen molar-refractivity contribution in [3.63, 3.8) is 0 Å². The highest BCUT2D eigenvalue weighted by molar-refractivity contribution is 7.12. The fraction of sp³-hybridized carbons (Fsp3) is 0.0909. The van der Waals surface area contributed by atoms with Crippen molar-refractivity contribution >= 4 is 17.3 Å². The number of carboxylic acid groups (broad SMARTS) is 1. The number of hydrogen-bond acceptors (Lipinski definition) is 3. The molecule has 4 nitrogen and oxygen atoms in total. The van der Waals surface area contributed by atoms with Crippen molar-refractivity contribution in [3.8, 4) is 10.4 Å². The quantitative estimate of drug-likeness (QED) is 0.880. The highest BCUT2D eigenvalue weighted by atomic mass is 32.1. The molecule has 0 radical (unpaired) electrons. The molecule has 5 heteroatoms. The van der Waals surface area contributed by atoms with Crippen LogP contribution in [0.2, 0.25) is 0 Å². The van der Waals surface area contributed by atoms with Crippen LogP contribution in [0.5, 0.6) is 0 Å². The largest absolute Gasteiger partial charge is 0.480 e. The highest BCUT2D eigenvalue weighted by Crippen LogP contribution is 2.21. The standard InChI is InChI=1S/C11H9NO3S/c13-10(14)7-12-6-9(16-11(12)15)8-4-2-1-3-5-8/h1-6H,7H2,(H,13,14). The summed E-state index contributed by atoms with van der Waals surface area (Å²) in [5, 5.41) is 8.62. The number of hydrogen-bond donors (Lipinski definition) is 1. The molecule has 1 heterocycles. The number of carboxylic acids is 1. The van der Waals surface area contributed by atoms with Crippen LogP contribution in [0.4, 0.5) is 0 Å². The van der Waals surface area contributed by atoms with Gasteiger partial charge in [0.05, 0.1) is 4.88 Å². The van der Waals surface area contributed by atoms with Crippen LogP contribution in [-0.2, 0) is 11.3 Å². The number of nitrogens with zero attached hydrogens (tertiary/aromatic N) is 1. The zero-order chi connectivity index (χ0) is 11.5. The Kier molecular flexibility index (Phi) is 2.87. The number of thiazole rings is 1. The fourth-order valence-electron chi connectivity index (χ4n) is 1.37. The highest BCUT2D eigenvalue weighted by Gasteiger charge is 2.08. The summed E-state index contributed by atoms with van der Waals surface area (Å²) in [5.74, 6) is -1.01. The number of rotatable bonds is 3. The van der Waals surface area contributed by atoms with E-state index in [9.17, 15) is 9.59 Å². The van der Waals surface area contributed by atoms with E-state index in [1.807, 2.05) is 30.3 Å². The Bertz CT molecular complexity index is 556. The van der Waals surface area contributed by atoms with Gasteiger partial charge >= 0.3 is 10.8 Å². The van der Waals surface area contributed by atoms with Gasteiger partial charge in [-0.3, -0.25) is 14.2 Å². The summed E-state index contributed by atoms with van der Waals surface area (Å²) >= 11 is 1.05. The van der Waals surface area contributed by atoms with Gasteiger partial charge in [0.1, 0.15) is 6.54 Å². The van der Waals surface area contributed by atoms with Crippen molar-refractivity contribution in [1.29, 1.82) is 0 Å². The van der Waals surface area contributed by atoms with Gasteiger partial charge in [-0.1, -0.05) is 41.7 Å². The van der Waals surface area contributed by atoms with E-state index in [1.54, 1.807) is 6.20 Å². The van der Waals surface area contributed by atoms with Crippen LogP contribution in [0.25, 0.3) is 10.4 Å². The number of aromatic nitrogens is 1. The summed E-state index contributed by atoms with van der Waals surface area (Å²) < 4.78 is 1.20. The van der Waals surface area contributed by atoms with E-state index < -0.39 is 5.97 Å². The first-order valence-corrected chi connectivity index (χ1v) is 5.46. The Morgan fingerprint density at radius 1 is 1.31 bits per heavy atom. The van der Waals surface area contributed by atoms with E-state index in [0.29, 0.717) is 0 Å². The summed E-state index contributed by atoms with van der Waals surface area (Å²) in [4.78, 5) is 22.5. The summed E-state index contributed by atoms with van der Waals surface area (Å²) in [5.41, 5.74) is 0.925. The van der Waals surface area contributed by atoms with Gasteiger partial charge in [-0.25, -0.2) is 0 Å². The van der Waals surface area contributed by atoms with Gasteiger partial charge in [0.25, 0.3) is 0 Å². The van der Waals surface area contributed by atoms with E-state index in [-0.39, 0.29) is 11.4 Å². The second kappa shape index (κ2) is 4.32. The second-order valence-corrected chi connectivity index (χ2v) is 4.24. The van der Waals surface area contributed by atoms with Crippen LogP contribution in [0.15, 0.2) is 41.3 Å². The topological polar surface area (TPSA) is 59.3 Å². The third-order valence-electron chi connectivity index (χ3n) is 2.07. The molecule has 0 saturated heterocycles. The minimum absolute atomic E-state index is 0.249. The number of carbonyl (C=O) groups is 1. The lowest BCUT2D eigenvalue weighted by atomic mass is 10.2. The van der Waals surface area contributed by atoms with Gasteiger partial charge in [-0.2, -0.15) is 0 Å².